The molecule has 86 valence electrons. The molecule has 1 aromatic rings. The number of nitrogens with zero attached hydrogens (tertiary/aromatic N) is 1. The van der Waals surface area contributed by atoms with Crippen LogP contribution in [0.25, 0.3) is 0 Å². The summed E-state index contributed by atoms with van der Waals surface area (Å²) in [5.74, 6) is 0.142. The van der Waals surface area contributed by atoms with Gasteiger partial charge in [0.2, 0.25) is 5.91 Å². The second-order valence-electron chi connectivity index (χ2n) is 4.44. The average molecular weight is 237 g/mol. The summed E-state index contributed by atoms with van der Waals surface area (Å²) in [6.07, 6.45) is 3.62. The first kappa shape index (κ1) is 10.3. The minimum absolute atomic E-state index is 0.142. The van der Waals surface area contributed by atoms with Crippen LogP contribution < -0.4 is 0 Å². The Bertz CT molecular complexity index is 397. The highest BCUT2D eigenvalue weighted by Crippen LogP contribution is 2.25. The summed E-state index contributed by atoms with van der Waals surface area (Å²) in [6, 6.07) is 2.13. The lowest BCUT2D eigenvalue weighted by molar-refractivity contribution is -0.137. The maximum Gasteiger partial charge on any atom is 0.248 e. The summed E-state index contributed by atoms with van der Waals surface area (Å²) < 4.78 is 5.45. The second kappa shape index (κ2) is 4.18. The zero-order chi connectivity index (χ0) is 11.0. The van der Waals surface area contributed by atoms with Crippen molar-refractivity contribution >= 4 is 17.2 Å². The molecule has 16 heavy (non-hydrogen) atoms. The summed E-state index contributed by atoms with van der Waals surface area (Å²) in [5, 5.41) is 2.11. The standard InChI is InChI=1S/C12H15NO2S/c14-12(8-15-10-1-2-10)13-5-3-11-9(7-13)4-6-16-11/h4,6,10H,1-3,5,7-8H2. The number of thiophene rings is 1. The zero-order valence-corrected chi connectivity index (χ0v) is 9.96. The van der Waals surface area contributed by atoms with Gasteiger partial charge in [0.1, 0.15) is 6.61 Å². The van der Waals surface area contributed by atoms with Crippen molar-refractivity contribution in [3.8, 4) is 0 Å². The first-order chi connectivity index (χ1) is 7.83. The second-order valence-corrected chi connectivity index (χ2v) is 5.45. The lowest BCUT2D eigenvalue weighted by Crippen LogP contribution is -2.37. The van der Waals surface area contributed by atoms with Crippen molar-refractivity contribution in [3.63, 3.8) is 0 Å². The number of ether oxygens (including phenoxy) is 1. The molecule has 0 unspecified atom stereocenters. The first-order valence-electron chi connectivity index (χ1n) is 5.77. The van der Waals surface area contributed by atoms with Gasteiger partial charge in [0.15, 0.2) is 0 Å². The summed E-state index contributed by atoms with van der Waals surface area (Å²) >= 11 is 1.80. The molecule has 4 heteroatoms. The Balaban J connectivity index is 1.57. The highest BCUT2D eigenvalue weighted by atomic mass is 32.1. The Morgan fingerprint density at radius 2 is 2.44 bits per heavy atom. The normalized spacial score (nSPS) is 19.6. The van der Waals surface area contributed by atoms with Crippen LogP contribution in [0.4, 0.5) is 0 Å². The molecule has 1 aliphatic heterocycles. The maximum absolute atomic E-state index is 11.9. The molecule has 1 fully saturated rings. The van der Waals surface area contributed by atoms with Crippen LogP contribution in [0.5, 0.6) is 0 Å². The molecule has 2 heterocycles. The van der Waals surface area contributed by atoms with Gasteiger partial charge in [0.05, 0.1) is 6.10 Å². The molecular weight excluding hydrogens is 222 g/mol. The molecule has 0 bridgehead atoms. The molecule has 0 atom stereocenters. The molecule has 0 radical (unpaired) electrons. The number of hydrogen-bond acceptors (Lipinski definition) is 3. The van der Waals surface area contributed by atoms with E-state index in [4.69, 9.17) is 4.74 Å². The fourth-order valence-corrected chi connectivity index (χ4v) is 2.87. The van der Waals surface area contributed by atoms with Crippen LogP contribution in [0.15, 0.2) is 11.4 Å². The van der Waals surface area contributed by atoms with E-state index in [1.54, 1.807) is 11.3 Å². The molecule has 0 N–H and O–H groups in total. The molecule has 3 rings (SSSR count). The monoisotopic (exact) mass is 237 g/mol. The average Bonchev–Trinajstić information content (AvgIpc) is 3.01. The third kappa shape index (κ3) is 2.13. The van der Waals surface area contributed by atoms with Crippen molar-refractivity contribution in [3.05, 3.63) is 21.9 Å². The Morgan fingerprint density at radius 1 is 1.56 bits per heavy atom. The zero-order valence-electron chi connectivity index (χ0n) is 9.15. The predicted molar refractivity (Wildman–Crippen MR) is 62.4 cm³/mol. The lowest BCUT2D eigenvalue weighted by atomic mass is 10.1. The van der Waals surface area contributed by atoms with Gasteiger partial charge in [-0.3, -0.25) is 4.79 Å². The quantitative estimate of drug-likeness (QED) is 0.802. The van der Waals surface area contributed by atoms with E-state index in [1.807, 2.05) is 4.90 Å². The van der Waals surface area contributed by atoms with Crippen LogP contribution in [0, 0.1) is 0 Å². The lowest BCUT2D eigenvalue weighted by Gasteiger charge is -2.26. The Hall–Kier alpha value is -0.870. The van der Waals surface area contributed by atoms with Gasteiger partial charge in [-0.1, -0.05) is 0 Å². The predicted octanol–water partition coefficient (Wildman–Crippen LogP) is 1.81. The van der Waals surface area contributed by atoms with Gasteiger partial charge in [0, 0.05) is 18.0 Å². The highest BCUT2D eigenvalue weighted by molar-refractivity contribution is 7.10. The molecule has 0 spiro atoms. The summed E-state index contributed by atoms with van der Waals surface area (Å²) in [6.45, 7) is 1.89. The highest BCUT2D eigenvalue weighted by Gasteiger charge is 2.26. The number of carbonyl (C=O) groups excluding carboxylic acids is 1. The van der Waals surface area contributed by atoms with Gasteiger partial charge in [0.25, 0.3) is 0 Å². The van der Waals surface area contributed by atoms with Crippen molar-refractivity contribution in [2.75, 3.05) is 13.2 Å². The number of rotatable bonds is 3. The molecule has 1 aliphatic carbocycles. The van der Waals surface area contributed by atoms with Crippen LogP contribution in [0.3, 0.4) is 0 Å². The topological polar surface area (TPSA) is 29.5 Å². The molecule has 0 aromatic carbocycles. The summed E-state index contributed by atoms with van der Waals surface area (Å²) in [7, 11) is 0. The van der Waals surface area contributed by atoms with E-state index in [9.17, 15) is 4.79 Å². The van der Waals surface area contributed by atoms with E-state index in [2.05, 4.69) is 11.4 Å². The number of amides is 1. The molecular formula is C12H15NO2S. The Kier molecular flexibility index (Phi) is 2.69. The summed E-state index contributed by atoms with van der Waals surface area (Å²) in [4.78, 5) is 15.2. The van der Waals surface area contributed by atoms with E-state index in [1.165, 1.54) is 10.4 Å². The van der Waals surface area contributed by atoms with Crippen molar-refractivity contribution in [1.82, 2.24) is 4.90 Å². The van der Waals surface area contributed by atoms with Crippen molar-refractivity contribution in [1.29, 1.82) is 0 Å². The molecule has 0 saturated heterocycles. The van der Waals surface area contributed by atoms with Gasteiger partial charge in [-0.05, 0) is 36.3 Å². The Labute approximate surface area is 99.0 Å². The van der Waals surface area contributed by atoms with E-state index >= 15 is 0 Å². The number of carbonyl (C=O) groups is 1. The van der Waals surface area contributed by atoms with Gasteiger partial charge in [-0.15, -0.1) is 11.3 Å². The summed E-state index contributed by atoms with van der Waals surface area (Å²) in [5.41, 5.74) is 1.32. The fourth-order valence-electron chi connectivity index (χ4n) is 1.98. The van der Waals surface area contributed by atoms with Crippen LogP contribution >= 0.6 is 11.3 Å². The third-order valence-electron chi connectivity index (χ3n) is 3.13. The molecule has 3 nitrogen and oxygen atoms in total. The smallest absolute Gasteiger partial charge is 0.248 e. The van der Waals surface area contributed by atoms with Crippen LogP contribution in [0.2, 0.25) is 0 Å². The van der Waals surface area contributed by atoms with E-state index in [0.717, 1.165) is 32.4 Å². The van der Waals surface area contributed by atoms with E-state index in [0.29, 0.717) is 6.10 Å². The largest absolute Gasteiger partial charge is 0.368 e. The van der Waals surface area contributed by atoms with Crippen molar-refractivity contribution < 1.29 is 9.53 Å². The van der Waals surface area contributed by atoms with Gasteiger partial charge >= 0.3 is 0 Å². The Morgan fingerprint density at radius 3 is 3.25 bits per heavy atom. The van der Waals surface area contributed by atoms with Crippen molar-refractivity contribution in [2.45, 2.75) is 31.9 Å². The molecule has 2 aliphatic rings. The minimum atomic E-state index is 0.142. The number of fused-ring (bicyclic) bond motifs is 1. The SMILES string of the molecule is O=C(COC1CC1)N1CCc2sccc2C1. The maximum atomic E-state index is 11.9. The van der Waals surface area contributed by atoms with Gasteiger partial charge in [-0.25, -0.2) is 0 Å². The van der Waals surface area contributed by atoms with Crippen molar-refractivity contribution in [2.24, 2.45) is 0 Å². The molecule has 1 amide bonds. The first-order valence-corrected chi connectivity index (χ1v) is 6.65. The fraction of sp³-hybridized carbons (Fsp3) is 0.583. The van der Waals surface area contributed by atoms with E-state index < -0.39 is 0 Å². The minimum Gasteiger partial charge on any atom is -0.368 e. The van der Waals surface area contributed by atoms with Gasteiger partial charge in [-0.2, -0.15) is 0 Å². The van der Waals surface area contributed by atoms with Crippen LogP contribution in [-0.4, -0.2) is 30.1 Å². The van der Waals surface area contributed by atoms with Gasteiger partial charge < -0.3 is 9.64 Å². The molecule has 1 aromatic heterocycles. The number of hydrogen-bond donors (Lipinski definition) is 0. The molecule has 1 saturated carbocycles. The van der Waals surface area contributed by atoms with Crippen LogP contribution in [0.1, 0.15) is 23.3 Å². The van der Waals surface area contributed by atoms with Crippen LogP contribution in [-0.2, 0) is 22.5 Å². The van der Waals surface area contributed by atoms with E-state index in [-0.39, 0.29) is 12.5 Å². The third-order valence-corrected chi connectivity index (χ3v) is 4.15.